The molecule has 7 heteroatoms. The van der Waals surface area contributed by atoms with Crippen molar-refractivity contribution in [2.45, 2.75) is 45.2 Å². The summed E-state index contributed by atoms with van der Waals surface area (Å²) >= 11 is 0. The van der Waals surface area contributed by atoms with Crippen LogP contribution in [-0.4, -0.2) is 48.4 Å². The Labute approximate surface area is 164 Å². The van der Waals surface area contributed by atoms with Crippen LogP contribution in [0.25, 0.3) is 11.3 Å². The first kappa shape index (κ1) is 18.3. The summed E-state index contributed by atoms with van der Waals surface area (Å²) in [5, 5.41) is 8.53. The van der Waals surface area contributed by atoms with E-state index in [1.54, 1.807) is 12.4 Å². The number of carbonyl (C=O) groups is 1. The van der Waals surface area contributed by atoms with E-state index in [2.05, 4.69) is 20.3 Å². The number of nitrogens with zero attached hydrogens (tertiary/aromatic N) is 6. The van der Waals surface area contributed by atoms with E-state index in [0.29, 0.717) is 5.69 Å². The maximum atomic E-state index is 12.9. The molecule has 2 aromatic heterocycles. The summed E-state index contributed by atoms with van der Waals surface area (Å²) in [5.74, 6) is -0.0271. The maximum absolute atomic E-state index is 12.9. The minimum atomic E-state index is -0.0271. The van der Waals surface area contributed by atoms with Gasteiger partial charge in [0.2, 0.25) is 0 Å². The Bertz CT molecular complexity index is 922. The van der Waals surface area contributed by atoms with Crippen molar-refractivity contribution < 1.29 is 4.79 Å². The molecular weight excluding hydrogens is 352 g/mol. The molecule has 1 aromatic carbocycles. The van der Waals surface area contributed by atoms with Crippen LogP contribution >= 0.6 is 0 Å². The van der Waals surface area contributed by atoms with Crippen LogP contribution in [0.4, 0.5) is 0 Å². The first-order chi connectivity index (χ1) is 13.7. The second-order valence-electron chi connectivity index (χ2n) is 7.21. The summed E-state index contributed by atoms with van der Waals surface area (Å²) in [6.45, 7) is 3.37. The zero-order valence-electron chi connectivity index (χ0n) is 16.0. The fraction of sp³-hybridized carbons (Fsp3) is 0.381. The van der Waals surface area contributed by atoms with Crippen molar-refractivity contribution >= 4 is 5.91 Å². The lowest BCUT2D eigenvalue weighted by molar-refractivity contribution is 0.0587. The fourth-order valence-corrected chi connectivity index (χ4v) is 3.65. The molecule has 28 heavy (non-hydrogen) atoms. The van der Waals surface area contributed by atoms with Gasteiger partial charge in [0.05, 0.1) is 18.1 Å². The van der Waals surface area contributed by atoms with Crippen LogP contribution in [0.2, 0.25) is 0 Å². The van der Waals surface area contributed by atoms with Gasteiger partial charge in [-0.2, -0.15) is 0 Å². The van der Waals surface area contributed by atoms with Gasteiger partial charge in [0.15, 0.2) is 0 Å². The standard InChI is InChI=1S/C21H24N6O/c1-16-13-23-19(14-22-16)21(28)27-11-6-5-9-18(27)10-12-26-15-20(24-25-26)17-7-3-2-4-8-17/h2-4,7-8,13-15,18H,5-6,9-12H2,1H3. The monoisotopic (exact) mass is 376 g/mol. The number of aryl methyl sites for hydroxylation is 2. The molecule has 4 rings (SSSR count). The Morgan fingerprint density at radius 2 is 2.00 bits per heavy atom. The van der Waals surface area contributed by atoms with Crippen molar-refractivity contribution in [2.75, 3.05) is 6.54 Å². The highest BCUT2D eigenvalue weighted by Gasteiger charge is 2.28. The zero-order chi connectivity index (χ0) is 19.3. The molecule has 0 saturated carbocycles. The highest BCUT2D eigenvalue weighted by molar-refractivity contribution is 5.92. The normalized spacial score (nSPS) is 16.9. The Hall–Kier alpha value is -3.09. The van der Waals surface area contributed by atoms with Crippen LogP contribution < -0.4 is 0 Å². The first-order valence-corrected chi connectivity index (χ1v) is 9.76. The van der Waals surface area contributed by atoms with Gasteiger partial charge in [0, 0.05) is 30.9 Å². The third-order valence-electron chi connectivity index (χ3n) is 5.19. The molecular formula is C21H24N6O. The Kier molecular flexibility index (Phi) is 5.41. The van der Waals surface area contributed by atoms with E-state index in [9.17, 15) is 4.79 Å². The summed E-state index contributed by atoms with van der Waals surface area (Å²) in [6.07, 6.45) is 9.22. The fourth-order valence-electron chi connectivity index (χ4n) is 3.65. The van der Waals surface area contributed by atoms with Crippen molar-refractivity contribution in [3.8, 4) is 11.3 Å². The van der Waals surface area contributed by atoms with E-state index in [0.717, 1.165) is 55.7 Å². The van der Waals surface area contributed by atoms with Gasteiger partial charge in [-0.05, 0) is 32.6 Å². The molecule has 0 N–H and O–H groups in total. The minimum absolute atomic E-state index is 0.0271. The highest BCUT2D eigenvalue weighted by atomic mass is 16.2. The number of hydrogen-bond acceptors (Lipinski definition) is 5. The zero-order valence-corrected chi connectivity index (χ0v) is 16.0. The lowest BCUT2D eigenvalue weighted by Crippen LogP contribution is -2.44. The minimum Gasteiger partial charge on any atom is -0.334 e. The lowest BCUT2D eigenvalue weighted by Gasteiger charge is -2.35. The third-order valence-corrected chi connectivity index (χ3v) is 5.19. The first-order valence-electron chi connectivity index (χ1n) is 9.76. The van der Waals surface area contributed by atoms with Crippen LogP contribution in [0.3, 0.4) is 0 Å². The Morgan fingerprint density at radius 1 is 1.14 bits per heavy atom. The molecule has 1 saturated heterocycles. The van der Waals surface area contributed by atoms with Crippen molar-refractivity contribution in [2.24, 2.45) is 0 Å². The molecule has 0 radical (unpaired) electrons. The number of rotatable bonds is 5. The number of hydrogen-bond donors (Lipinski definition) is 0. The van der Waals surface area contributed by atoms with E-state index >= 15 is 0 Å². The maximum Gasteiger partial charge on any atom is 0.274 e. The van der Waals surface area contributed by atoms with E-state index in [1.807, 2.05) is 53.0 Å². The predicted molar refractivity (Wildman–Crippen MR) is 106 cm³/mol. The Morgan fingerprint density at radius 3 is 2.79 bits per heavy atom. The highest BCUT2D eigenvalue weighted by Crippen LogP contribution is 2.22. The molecule has 1 unspecified atom stereocenters. The van der Waals surface area contributed by atoms with E-state index in [-0.39, 0.29) is 11.9 Å². The summed E-state index contributed by atoms with van der Waals surface area (Å²) in [5.41, 5.74) is 3.16. The molecule has 1 aliphatic heterocycles. The van der Waals surface area contributed by atoms with Gasteiger partial charge in [-0.15, -0.1) is 5.10 Å². The van der Waals surface area contributed by atoms with Crippen molar-refractivity contribution in [1.82, 2.24) is 29.9 Å². The molecule has 1 aliphatic rings. The summed E-state index contributed by atoms with van der Waals surface area (Å²) in [7, 11) is 0. The summed E-state index contributed by atoms with van der Waals surface area (Å²) in [6, 6.07) is 10.2. The second kappa shape index (κ2) is 8.29. The second-order valence-corrected chi connectivity index (χ2v) is 7.21. The van der Waals surface area contributed by atoms with Gasteiger partial charge in [0.1, 0.15) is 11.4 Å². The summed E-state index contributed by atoms with van der Waals surface area (Å²) in [4.78, 5) is 23.3. The van der Waals surface area contributed by atoms with Gasteiger partial charge < -0.3 is 4.90 Å². The van der Waals surface area contributed by atoms with Gasteiger partial charge in [-0.25, -0.2) is 4.98 Å². The number of amides is 1. The molecule has 3 heterocycles. The van der Waals surface area contributed by atoms with Gasteiger partial charge in [-0.1, -0.05) is 35.5 Å². The quantitative estimate of drug-likeness (QED) is 0.684. The third kappa shape index (κ3) is 4.08. The molecule has 1 atom stereocenters. The molecule has 1 fully saturated rings. The van der Waals surface area contributed by atoms with Crippen LogP contribution in [0, 0.1) is 6.92 Å². The number of aromatic nitrogens is 5. The topological polar surface area (TPSA) is 76.8 Å². The Balaban J connectivity index is 1.42. The molecule has 1 amide bonds. The largest absolute Gasteiger partial charge is 0.334 e. The van der Waals surface area contributed by atoms with Crippen molar-refractivity contribution in [1.29, 1.82) is 0 Å². The average Bonchev–Trinajstić information content (AvgIpc) is 3.22. The molecule has 0 aliphatic carbocycles. The van der Waals surface area contributed by atoms with Crippen molar-refractivity contribution in [3.05, 3.63) is 60.3 Å². The van der Waals surface area contributed by atoms with Crippen LogP contribution in [0.5, 0.6) is 0 Å². The van der Waals surface area contributed by atoms with E-state index < -0.39 is 0 Å². The van der Waals surface area contributed by atoms with Crippen molar-refractivity contribution in [3.63, 3.8) is 0 Å². The molecule has 0 bridgehead atoms. The summed E-state index contributed by atoms with van der Waals surface area (Å²) < 4.78 is 1.87. The van der Waals surface area contributed by atoms with E-state index in [4.69, 9.17) is 0 Å². The van der Waals surface area contributed by atoms with Gasteiger partial charge >= 0.3 is 0 Å². The van der Waals surface area contributed by atoms with Gasteiger partial charge in [0.25, 0.3) is 5.91 Å². The van der Waals surface area contributed by atoms with Crippen LogP contribution in [0.1, 0.15) is 41.9 Å². The lowest BCUT2D eigenvalue weighted by atomic mass is 9.99. The number of likely N-dealkylation sites (tertiary alicyclic amines) is 1. The van der Waals surface area contributed by atoms with Gasteiger partial charge in [-0.3, -0.25) is 14.5 Å². The van der Waals surface area contributed by atoms with E-state index in [1.165, 1.54) is 0 Å². The molecule has 0 spiro atoms. The van der Waals surface area contributed by atoms with Crippen LogP contribution in [0.15, 0.2) is 48.9 Å². The molecule has 144 valence electrons. The number of benzene rings is 1. The molecule has 7 nitrogen and oxygen atoms in total. The number of carbonyl (C=O) groups excluding carboxylic acids is 1. The molecule has 3 aromatic rings. The average molecular weight is 376 g/mol. The SMILES string of the molecule is Cc1cnc(C(=O)N2CCCCC2CCn2cc(-c3ccccc3)nn2)cn1. The van der Waals surface area contributed by atoms with Crippen LogP contribution in [-0.2, 0) is 6.54 Å². The predicted octanol–water partition coefficient (Wildman–Crippen LogP) is 3.13. The smallest absolute Gasteiger partial charge is 0.274 e. The number of piperidine rings is 1.